The fourth-order valence-corrected chi connectivity index (χ4v) is 2.60. The first-order chi connectivity index (χ1) is 12.1. The summed E-state index contributed by atoms with van der Waals surface area (Å²) in [7, 11) is 0. The Kier molecular flexibility index (Phi) is 4.12. The lowest BCUT2D eigenvalue weighted by molar-refractivity contribution is -0.134. The number of hydrogen-bond donors (Lipinski definition) is 1. The van der Waals surface area contributed by atoms with E-state index in [0.29, 0.717) is 0 Å². The summed E-state index contributed by atoms with van der Waals surface area (Å²) in [5.41, 5.74) is 4.25. The molecule has 2 heterocycles. The van der Waals surface area contributed by atoms with Crippen LogP contribution in [0.4, 0.5) is 33.7 Å². The van der Waals surface area contributed by atoms with E-state index < -0.39 is 54.8 Å². The van der Waals surface area contributed by atoms with Crippen LogP contribution in [0.1, 0.15) is 0 Å². The third-order valence-electron chi connectivity index (χ3n) is 3.71. The van der Waals surface area contributed by atoms with E-state index in [1.807, 2.05) is 0 Å². The Morgan fingerprint density at radius 1 is 1.31 bits per heavy atom. The molecule has 2 N–H and O–H groups in total. The van der Waals surface area contributed by atoms with Crippen LogP contribution in [-0.2, 0) is 14.3 Å². The first-order valence-corrected chi connectivity index (χ1v) is 7.18. The second-order valence-corrected chi connectivity index (χ2v) is 5.54. The van der Waals surface area contributed by atoms with Gasteiger partial charge in [0.05, 0.1) is 12.2 Å². The topological polar surface area (TPSA) is 102 Å². The zero-order valence-corrected chi connectivity index (χ0v) is 12.9. The average Bonchev–Trinajstić information content (AvgIpc) is 2.91. The monoisotopic (exact) mass is 377 g/mol. The summed E-state index contributed by atoms with van der Waals surface area (Å²) in [5, 5.41) is 0. The average molecular weight is 377 g/mol. The molecule has 3 amide bonds. The number of fused-ring (bicyclic) bond motifs is 1. The van der Waals surface area contributed by atoms with Crippen molar-refractivity contribution in [1.29, 1.82) is 0 Å². The van der Waals surface area contributed by atoms with Gasteiger partial charge in [-0.05, 0) is 0 Å². The van der Waals surface area contributed by atoms with Crippen molar-refractivity contribution in [3.8, 4) is 5.75 Å². The SMILES string of the molecule is NC(=O)C1CN(c2cc(F)c3c(c2)OCC(=O)N3CC(F)(F)F)C(=O)O1. The number of ether oxygens (including phenoxy) is 2. The molecular weight excluding hydrogens is 366 g/mol. The van der Waals surface area contributed by atoms with Gasteiger partial charge in [0, 0.05) is 12.1 Å². The maximum Gasteiger partial charge on any atom is 0.415 e. The maximum absolute atomic E-state index is 14.5. The molecule has 1 unspecified atom stereocenters. The number of cyclic esters (lactones) is 1. The number of carbonyl (C=O) groups excluding carboxylic acids is 3. The van der Waals surface area contributed by atoms with Crippen molar-refractivity contribution in [2.45, 2.75) is 12.3 Å². The predicted molar refractivity (Wildman–Crippen MR) is 77.1 cm³/mol. The van der Waals surface area contributed by atoms with Gasteiger partial charge in [-0.25, -0.2) is 9.18 Å². The number of benzene rings is 1. The molecule has 26 heavy (non-hydrogen) atoms. The molecule has 1 saturated heterocycles. The quantitative estimate of drug-likeness (QED) is 0.790. The van der Waals surface area contributed by atoms with Gasteiger partial charge in [0.1, 0.15) is 18.0 Å². The number of amides is 3. The van der Waals surface area contributed by atoms with Crippen LogP contribution in [0.5, 0.6) is 5.75 Å². The number of hydrogen-bond acceptors (Lipinski definition) is 5. The smallest absolute Gasteiger partial charge is 0.415 e. The minimum atomic E-state index is -4.75. The van der Waals surface area contributed by atoms with Crippen LogP contribution in [0.25, 0.3) is 0 Å². The van der Waals surface area contributed by atoms with E-state index in [1.165, 1.54) is 0 Å². The molecular formula is C14H11F4N3O5. The van der Waals surface area contributed by atoms with E-state index in [-0.39, 0.29) is 22.9 Å². The predicted octanol–water partition coefficient (Wildman–Crippen LogP) is 0.924. The number of halogens is 4. The highest BCUT2D eigenvalue weighted by molar-refractivity contribution is 6.00. The molecule has 140 valence electrons. The molecule has 0 aromatic heterocycles. The number of nitrogens with zero attached hydrogens (tertiary/aromatic N) is 2. The summed E-state index contributed by atoms with van der Waals surface area (Å²) in [6.07, 6.45) is -6.97. The fourth-order valence-electron chi connectivity index (χ4n) is 2.60. The van der Waals surface area contributed by atoms with Crippen LogP contribution in [0.15, 0.2) is 12.1 Å². The van der Waals surface area contributed by atoms with Crippen LogP contribution in [0, 0.1) is 5.82 Å². The fraction of sp³-hybridized carbons (Fsp3) is 0.357. The van der Waals surface area contributed by atoms with Crippen molar-refractivity contribution in [3.05, 3.63) is 17.9 Å². The highest BCUT2D eigenvalue weighted by atomic mass is 19.4. The molecule has 0 radical (unpaired) electrons. The van der Waals surface area contributed by atoms with E-state index >= 15 is 0 Å². The summed E-state index contributed by atoms with van der Waals surface area (Å²) in [6, 6.07) is 1.83. The normalized spacial score (nSPS) is 19.9. The highest BCUT2D eigenvalue weighted by Crippen LogP contribution is 2.40. The van der Waals surface area contributed by atoms with Gasteiger partial charge in [-0.3, -0.25) is 19.4 Å². The van der Waals surface area contributed by atoms with Crippen LogP contribution in [-0.4, -0.2) is 49.9 Å². The highest BCUT2D eigenvalue weighted by Gasteiger charge is 2.40. The van der Waals surface area contributed by atoms with Gasteiger partial charge in [-0.1, -0.05) is 0 Å². The van der Waals surface area contributed by atoms with Crippen LogP contribution >= 0.6 is 0 Å². The second-order valence-electron chi connectivity index (χ2n) is 5.54. The van der Waals surface area contributed by atoms with E-state index in [1.54, 1.807) is 0 Å². The minimum Gasteiger partial charge on any atom is -0.481 e. The van der Waals surface area contributed by atoms with Crippen molar-refractivity contribution in [3.63, 3.8) is 0 Å². The zero-order valence-electron chi connectivity index (χ0n) is 12.9. The Hall–Kier alpha value is -3.05. The number of primary amides is 1. The van der Waals surface area contributed by atoms with Crippen LogP contribution < -0.4 is 20.3 Å². The lowest BCUT2D eigenvalue weighted by Crippen LogP contribution is -2.44. The molecule has 1 fully saturated rings. The van der Waals surface area contributed by atoms with Crippen molar-refractivity contribution in [1.82, 2.24) is 0 Å². The van der Waals surface area contributed by atoms with E-state index in [0.717, 1.165) is 17.0 Å². The summed E-state index contributed by atoms with van der Waals surface area (Å²) in [6.45, 7) is -2.70. The summed E-state index contributed by atoms with van der Waals surface area (Å²) in [5.74, 6) is -3.52. The Bertz CT molecular complexity index is 798. The molecule has 2 aliphatic heterocycles. The van der Waals surface area contributed by atoms with Crippen molar-refractivity contribution in [2.75, 3.05) is 29.5 Å². The number of carbonyl (C=O) groups is 3. The number of nitrogens with two attached hydrogens (primary N) is 1. The van der Waals surface area contributed by atoms with E-state index in [2.05, 4.69) is 0 Å². The summed E-state index contributed by atoms with van der Waals surface area (Å²) < 4.78 is 62.2. The number of alkyl halides is 3. The largest absolute Gasteiger partial charge is 0.481 e. The molecule has 8 nitrogen and oxygen atoms in total. The van der Waals surface area contributed by atoms with Gasteiger partial charge in [-0.2, -0.15) is 13.2 Å². The Balaban J connectivity index is 1.97. The van der Waals surface area contributed by atoms with E-state index in [9.17, 15) is 31.9 Å². The summed E-state index contributed by atoms with van der Waals surface area (Å²) in [4.78, 5) is 35.7. The third kappa shape index (κ3) is 3.21. The molecule has 2 aliphatic rings. The Morgan fingerprint density at radius 3 is 2.58 bits per heavy atom. The molecule has 1 atom stereocenters. The van der Waals surface area contributed by atoms with Gasteiger partial charge in [-0.15, -0.1) is 0 Å². The molecule has 0 aliphatic carbocycles. The van der Waals surface area contributed by atoms with Gasteiger partial charge in [0.2, 0.25) is 0 Å². The zero-order chi connectivity index (χ0) is 19.2. The minimum absolute atomic E-state index is 0.115. The second kappa shape index (κ2) is 6.04. The molecule has 3 rings (SSSR count). The molecule has 0 spiro atoms. The standard InChI is InChI=1S/C14H11F4N3O5/c15-7-1-6(20-3-9(12(19)23)26-13(20)24)2-8-11(7)21(5-14(16,17)18)10(22)4-25-8/h1-2,9H,3-5H2,(H2,19,23). The number of anilines is 2. The van der Waals surface area contributed by atoms with Gasteiger partial charge < -0.3 is 15.2 Å². The van der Waals surface area contributed by atoms with Gasteiger partial charge in [0.25, 0.3) is 11.8 Å². The van der Waals surface area contributed by atoms with Gasteiger partial charge >= 0.3 is 12.3 Å². The lowest BCUT2D eigenvalue weighted by Gasteiger charge is -2.31. The maximum atomic E-state index is 14.5. The number of rotatable bonds is 3. The molecule has 1 aromatic carbocycles. The van der Waals surface area contributed by atoms with Crippen molar-refractivity contribution < 1.29 is 41.4 Å². The van der Waals surface area contributed by atoms with E-state index in [4.69, 9.17) is 15.2 Å². The van der Waals surface area contributed by atoms with Crippen molar-refractivity contribution >= 4 is 29.3 Å². The van der Waals surface area contributed by atoms with Crippen LogP contribution in [0.2, 0.25) is 0 Å². The van der Waals surface area contributed by atoms with Crippen molar-refractivity contribution in [2.24, 2.45) is 5.73 Å². The Morgan fingerprint density at radius 2 is 2.00 bits per heavy atom. The summed E-state index contributed by atoms with van der Waals surface area (Å²) >= 11 is 0. The molecule has 1 aromatic rings. The molecule has 0 saturated carbocycles. The molecule has 0 bridgehead atoms. The first kappa shape index (κ1) is 17.8. The lowest BCUT2D eigenvalue weighted by atomic mass is 10.1. The van der Waals surface area contributed by atoms with Gasteiger partial charge in [0.15, 0.2) is 18.5 Å². The Labute approximate surface area is 143 Å². The first-order valence-electron chi connectivity index (χ1n) is 7.18. The third-order valence-corrected chi connectivity index (χ3v) is 3.71. The van der Waals surface area contributed by atoms with Crippen LogP contribution in [0.3, 0.4) is 0 Å². The molecule has 12 heteroatoms.